The molecule has 0 radical (unpaired) electrons. The fourth-order valence-electron chi connectivity index (χ4n) is 2.35. The maximum Gasteiger partial charge on any atom is 0.227 e. The number of sulfone groups is 1. The van der Waals surface area contributed by atoms with Crippen LogP contribution in [0.1, 0.15) is 19.3 Å². The zero-order valence-electron chi connectivity index (χ0n) is 14.4. The first kappa shape index (κ1) is 22.6. The lowest BCUT2D eigenvalue weighted by atomic mass is 10.1. The fraction of sp³-hybridized carbons (Fsp3) is 0.353. The van der Waals surface area contributed by atoms with Crippen LogP contribution in [-0.4, -0.2) is 30.7 Å². The van der Waals surface area contributed by atoms with Gasteiger partial charge in [0.15, 0.2) is 9.84 Å². The predicted octanol–water partition coefficient (Wildman–Crippen LogP) is 1.52. The van der Waals surface area contributed by atoms with Crippen molar-refractivity contribution < 1.29 is 13.2 Å². The van der Waals surface area contributed by atoms with E-state index in [4.69, 9.17) is 17.2 Å². The number of anilines is 1. The molecule has 0 heterocycles. The smallest absolute Gasteiger partial charge is 0.227 e. The number of carbonyl (C=O) groups excluding carboxylic acids is 1. The van der Waals surface area contributed by atoms with Crippen molar-refractivity contribution in [3.05, 3.63) is 36.4 Å². The van der Waals surface area contributed by atoms with Gasteiger partial charge in [0.2, 0.25) is 5.91 Å². The molecule has 0 bridgehead atoms. The molecule has 2 aromatic rings. The number of rotatable bonds is 7. The third-order valence-corrected chi connectivity index (χ3v) is 6.45. The number of hydrogen-bond donors (Lipinski definition) is 4. The van der Waals surface area contributed by atoms with Crippen molar-refractivity contribution >= 4 is 54.8 Å². The van der Waals surface area contributed by atoms with Crippen LogP contribution in [0.25, 0.3) is 10.8 Å². The molecule has 7 nitrogen and oxygen atoms in total. The van der Waals surface area contributed by atoms with Crippen molar-refractivity contribution in [2.75, 3.05) is 16.7 Å². The van der Waals surface area contributed by atoms with Crippen molar-refractivity contribution in [3.8, 4) is 0 Å². The Kier molecular flexibility index (Phi) is 9.27. The minimum Gasteiger partial charge on any atom is -0.398 e. The molecule has 2 rings (SSSR count). The van der Waals surface area contributed by atoms with Gasteiger partial charge >= 0.3 is 0 Å². The van der Waals surface area contributed by atoms with E-state index in [1.165, 1.54) is 6.07 Å². The van der Waals surface area contributed by atoms with Crippen molar-refractivity contribution in [2.24, 2.45) is 17.2 Å². The van der Waals surface area contributed by atoms with Crippen LogP contribution in [0, 0.1) is 0 Å². The van der Waals surface area contributed by atoms with Crippen LogP contribution in [0.15, 0.2) is 41.3 Å². The lowest BCUT2D eigenvalue weighted by Crippen LogP contribution is -2.31. The summed E-state index contributed by atoms with van der Waals surface area (Å²) in [5.41, 5.74) is 22.4. The van der Waals surface area contributed by atoms with E-state index in [0.717, 1.165) is 11.8 Å². The first-order chi connectivity index (χ1) is 12.3. The Balaban J connectivity index is 0.000000597. The second-order valence-corrected chi connectivity index (χ2v) is 8.56. The van der Waals surface area contributed by atoms with Gasteiger partial charge in [0.05, 0.1) is 9.32 Å². The number of alkyl halides is 1. The number of halogens is 1. The Bertz CT molecular complexity index is 843. The van der Waals surface area contributed by atoms with Gasteiger partial charge in [-0.05, 0) is 37.9 Å². The highest BCUT2D eigenvalue weighted by atomic mass is 127. The van der Waals surface area contributed by atoms with Gasteiger partial charge < -0.3 is 22.9 Å². The van der Waals surface area contributed by atoms with Crippen LogP contribution >= 0.6 is 22.6 Å². The summed E-state index contributed by atoms with van der Waals surface area (Å²) in [6, 6.07) is 10.3. The number of nitrogens with two attached hydrogens (primary N) is 4. The maximum absolute atomic E-state index is 12.7. The summed E-state index contributed by atoms with van der Waals surface area (Å²) in [4.78, 5) is 9.83. The molecule has 0 saturated carbocycles. The number of nitrogen functional groups attached to an aromatic ring is 1. The van der Waals surface area contributed by atoms with Crippen LogP contribution in [0.5, 0.6) is 0 Å². The number of unbranched alkanes of at least 4 members (excludes halogenated alkanes) is 1. The fourth-order valence-corrected chi connectivity index (χ4v) is 3.90. The SMILES string of the molecule is NC(=O)CI.NCCCCC(N)S(=O)(=O)c1ccc(N)c2ccccc12. The highest BCUT2D eigenvalue weighted by Crippen LogP contribution is 2.29. The second kappa shape index (κ2) is 10.7. The van der Waals surface area contributed by atoms with Crippen molar-refractivity contribution in [1.29, 1.82) is 0 Å². The number of carbonyl (C=O) groups is 1. The van der Waals surface area contributed by atoms with Crippen molar-refractivity contribution in [1.82, 2.24) is 0 Å². The van der Waals surface area contributed by atoms with Gasteiger partial charge in [0.25, 0.3) is 0 Å². The first-order valence-electron chi connectivity index (χ1n) is 8.06. The van der Waals surface area contributed by atoms with Gasteiger partial charge in [0, 0.05) is 16.5 Å². The largest absolute Gasteiger partial charge is 0.398 e. The molecule has 144 valence electrons. The summed E-state index contributed by atoms with van der Waals surface area (Å²) in [5, 5.41) is 0.426. The minimum atomic E-state index is -3.58. The van der Waals surface area contributed by atoms with Crippen LogP contribution in [0.2, 0.25) is 0 Å². The van der Waals surface area contributed by atoms with Gasteiger partial charge in [-0.3, -0.25) is 4.79 Å². The molecule has 1 amide bonds. The van der Waals surface area contributed by atoms with E-state index in [0.29, 0.717) is 34.9 Å². The number of fused-ring (bicyclic) bond motifs is 1. The molecule has 0 saturated heterocycles. The molecule has 0 spiro atoms. The van der Waals surface area contributed by atoms with E-state index in [9.17, 15) is 13.2 Å². The molecule has 0 aromatic heterocycles. The van der Waals surface area contributed by atoms with Gasteiger partial charge in [-0.25, -0.2) is 8.42 Å². The predicted molar refractivity (Wildman–Crippen MR) is 115 cm³/mol. The first-order valence-corrected chi connectivity index (χ1v) is 11.1. The molecule has 9 heteroatoms. The zero-order valence-corrected chi connectivity index (χ0v) is 17.4. The quantitative estimate of drug-likeness (QED) is 0.199. The highest BCUT2D eigenvalue weighted by molar-refractivity contribution is 14.1. The van der Waals surface area contributed by atoms with E-state index in [2.05, 4.69) is 5.73 Å². The Morgan fingerprint density at radius 1 is 1.08 bits per heavy atom. The average Bonchev–Trinajstić information content (AvgIpc) is 2.62. The second-order valence-electron chi connectivity index (χ2n) is 5.67. The van der Waals surface area contributed by atoms with Gasteiger partial charge in [-0.15, -0.1) is 0 Å². The van der Waals surface area contributed by atoms with Gasteiger partial charge in [-0.2, -0.15) is 0 Å². The summed E-state index contributed by atoms with van der Waals surface area (Å²) >= 11 is 1.90. The summed E-state index contributed by atoms with van der Waals surface area (Å²) in [5.74, 6) is -0.259. The van der Waals surface area contributed by atoms with Gasteiger partial charge in [-0.1, -0.05) is 46.9 Å². The van der Waals surface area contributed by atoms with Crippen LogP contribution in [0.3, 0.4) is 0 Å². The van der Waals surface area contributed by atoms with Crippen LogP contribution in [-0.2, 0) is 14.6 Å². The topological polar surface area (TPSA) is 155 Å². The lowest BCUT2D eigenvalue weighted by molar-refractivity contribution is -0.115. The molecule has 1 unspecified atom stereocenters. The Morgan fingerprint density at radius 3 is 2.19 bits per heavy atom. The normalized spacial score (nSPS) is 12.3. The van der Waals surface area contributed by atoms with Crippen LogP contribution < -0.4 is 22.9 Å². The maximum atomic E-state index is 12.7. The van der Waals surface area contributed by atoms with E-state index in [1.54, 1.807) is 18.2 Å². The zero-order chi connectivity index (χ0) is 19.7. The standard InChI is InChI=1S/C15H21N3O2S.C2H4INO/c16-10-4-3-7-15(18)21(19,20)14-9-8-13(17)11-5-1-2-6-12(11)14;3-1-2(4)5/h1-2,5-6,8-9,15H,3-4,7,10,16-18H2;1H2,(H2,4,5). The Hall–Kier alpha value is -1.43. The summed E-state index contributed by atoms with van der Waals surface area (Å²) in [7, 11) is -3.58. The molecule has 0 aliphatic heterocycles. The number of amides is 1. The summed E-state index contributed by atoms with van der Waals surface area (Å²) in [6.07, 6.45) is 1.87. The molecule has 0 aliphatic rings. The molecule has 0 fully saturated rings. The van der Waals surface area contributed by atoms with E-state index in [-0.39, 0.29) is 10.8 Å². The summed E-state index contributed by atoms with van der Waals surface area (Å²) < 4.78 is 25.7. The number of hydrogen-bond acceptors (Lipinski definition) is 6. The molecule has 26 heavy (non-hydrogen) atoms. The molecule has 1 atom stereocenters. The molecule has 0 aliphatic carbocycles. The molecule has 8 N–H and O–H groups in total. The monoisotopic (exact) mass is 492 g/mol. The molecule has 2 aromatic carbocycles. The molecular formula is C17H25IN4O3S. The Labute approximate surface area is 167 Å². The average molecular weight is 492 g/mol. The van der Waals surface area contributed by atoms with Crippen molar-refractivity contribution in [2.45, 2.75) is 29.5 Å². The van der Waals surface area contributed by atoms with Gasteiger partial charge in [0.1, 0.15) is 5.37 Å². The van der Waals surface area contributed by atoms with E-state index in [1.807, 2.05) is 34.7 Å². The molecular weight excluding hydrogens is 467 g/mol. The van der Waals surface area contributed by atoms with E-state index >= 15 is 0 Å². The van der Waals surface area contributed by atoms with Crippen molar-refractivity contribution in [3.63, 3.8) is 0 Å². The Morgan fingerprint density at radius 2 is 1.65 bits per heavy atom. The van der Waals surface area contributed by atoms with E-state index < -0.39 is 15.2 Å². The highest BCUT2D eigenvalue weighted by Gasteiger charge is 2.25. The lowest BCUT2D eigenvalue weighted by Gasteiger charge is -2.15. The third-order valence-electron chi connectivity index (χ3n) is 3.70. The number of primary amides is 1. The summed E-state index contributed by atoms with van der Waals surface area (Å²) in [6.45, 7) is 0.539. The minimum absolute atomic E-state index is 0.243. The van der Waals surface area contributed by atoms with Crippen LogP contribution in [0.4, 0.5) is 5.69 Å². The third kappa shape index (κ3) is 6.08. The number of benzene rings is 2.